The van der Waals surface area contributed by atoms with E-state index in [9.17, 15) is 4.57 Å². The maximum atomic E-state index is 10.3. The van der Waals surface area contributed by atoms with Crippen LogP contribution in [-0.2, 0) is 13.8 Å². The highest BCUT2D eigenvalue weighted by Crippen LogP contribution is 2.40. The molecule has 1 saturated heterocycles. The molecule has 1 heterocycles. The second kappa shape index (κ2) is 4.02. The SMILES string of the molecule is O=P(O)(O)O[C@@H]1C[C@@H](O)[C@H](CO)O1. The maximum absolute atomic E-state index is 10.3. The zero-order chi connectivity index (χ0) is 10.1. The Kier molecular flexibility index (Phi) is 3.42. The molecule has 13 heavy (non-hydrogen) atoms. The predicted molar refractivity (Wildman–Crippen MR) is 39.5 cm³/mol. The van der Waals surface area contributed by atoms with E-state index in [0.29, 0.717) is 0 Å². The lowest BCUT2D eigenvalue weighted by Gasteiger charge is -2.12. The van der Waals surface area contributed by atoms with Gasteiger partial charge < -0.3 is 24.7 Å². The van der Waals surface area contributed by atoms with Crippen LogP contribution in [0.1, 0.15) is 6.42 Å². The van der Waals surface area contributed by atoms with Crippen molar-refractivity contribution in [3.05, 3.63) is 0 Å². The highest BCUT2D eigenvalue weighted by atomic mass is 31.2. The van der Waals surface area contributed by atoms with Crippen molar-refractivity contribution < 1.29 is 33.8 Å². The van der Waals surface area contributed by atoms with Gasteiger partial charge in [0.25, 0.3) is 0 Å². The normalized spacial score (nSPS) is 35.2. The number of hydrogen-bond donors (Lipinski definition) is 4. The summed E-state index contributed by atoms with van der Waals surface area (Å²) in [5.74, 6) is 0. The molecule has 1 fully saturated rings. The third-order valence-electron chi connectivity index (χ3n) is 1.62. The molecule has 0 aromatic heterocycles. The number of hydrogen-bond acceptors (Lipinski definition) is 5. The monoisotopic (exact) mass is 214 g/mol. The highest BCUT2D eigenvalue weighted by Gasteiger charge is 2.37. The van der Waals surface area contributed by atoms with Gasteiger partial charge in [-0.05, 0) is 0 Å². The Morgan fingerprint density at radius 2 is 2.15 bits per heavy atom. The van der Waals surface area contributed by atoms with Gasteiger partial charge in [-0.2, -0.15) is 0 Å². The third kappa shape index (κ3) is 3.32. The molecular weight excluding hydrogens is 203 g/mol. The van der Waals surface area contributed by atoms with Crippen molar-refractivity contribution in [2.45, 2.75) is 24.9 Å². The van der Waals surface area contributed by atoms with Crippen LogP contribution in [-0.4, -0.2) is 45.1 Å². The zero-order valence-corrected chi connectivity index (χ0v) is 7.50. The summed E-state index contributed by atoms with van der Waals surface area (Å²) in [6.45, 7) is -0.414. The summed E-state index contributed by atoms with van der Waals surface area (Å²) in [5, 5.41) is 17.8. The van der Waals surface area contributed by atoms with Crippen molar-refractivity contribution in [2.75, 3.05) is 6.61 Å². The van der Waals surface area contributed by atoms with Gasteiger partial charge >= 0.3 is 7.82 Å². The molecule has 4 N–H and O–H groups in total. The van der Waals surface area contributed by atoms with Gasteiger partial charge in [-0.25, -0.2) is 4.57 Å². The molecular formula is C5H11O7P. The predicted octanol–water partition coefficient (Wildman–Crippen LogP) is -1.44. The Bertz CT molecular complexity index is 213. The molecule has 0 aromatic rings. The van der Waals surface area contributed by atoms with Crippen LogP contribution in [0.4, 0.5) is 0 Å². The Balaban J connectivity index is 2.45. The smallest absolute Gasteiger partial charge is 0.394 e. The molecule has 0 aromatic carbocycles. The lowest BCUT2D eigenvalue weighted by Crippen LogP contribution is -2.24. The molecule has 78 valence electrons. The van der Waals surface area contributed by atoms with E-state index >= 15 is 0 Å². The van der Waals surface area contributed by atoms with Crippen LogP contribution in [0.15, 0.2) is 0 Å². The van der Waals surface area contributed by atoms with E-state index in [0.717, 1.165) is 0 Å². The quantitative estimate of drug-likeness (QED) is 0.425. The van der Waals surface area contributed by atoms with Gasteiger partial charge in [0.2, 0.25) is 0 Å². The number of rotatable bonds is 3. The number of ether oxygens (including phenoxy) is 1. The Morgan fingerprint density at radius 1 is 1.54 bits per heavy atom. The molecule has 0 spiro atoms. The fraction of sp³-hybridized carbons (Fsp3) is 1.00. The molecule has 0 aliphatic carbocycles. The van der Waals surface area contributed by atoms with Gasteiger partial charge in [0.1, 0.15) is 6.10 Å². The van der Waals surface area contributed by atoms with Gasteiger partial charge in [0.05, 0.1) is 12.7 Å². The summed E-state index contributed by atoms with van der Waals surface area (Å²) in [4.78, 5) is 16.8. The van der Waals surface area contributed by atoms with E-state index in [2.05, 4.69) is 4.52 Å². The maximum Gasteiger partial charge on any atom is 0.471 e. The molecule has 0 bridgehead atoms. The van der Waals surface area contributed by atoms with Crippen LogP contribution in [0.3, 0.4) is 0 Å². The average molecular weight is 214 g/mol. The largest absolute Gasteiger partial charge is 0.471 e. The summed E-state index contributed by atoms with van der Waals surface area (Å²) in [6.07, 6.45) is -3.01. The number of phosphoric ester groups is 1. The van der Waals surface area contributed by atoms with Crippen LogP contribution < -0.4 is 0 Å². The Labute approximate surface area is 74.1 Å². The molecule has 7 nitrogen and oxygen atoms in total. The minimum absolute atomic E-state index is 0.0592. The molecule has 0 saturated carbocycles. The Hall–Kier alpha value is -0.0100. The van der Waals surface area contributed by atoms with Crippen molar-refractivity contribution >= 4 is 7.82 Å². The van der Waals surface area contributed by atoms with E-state index in [1.807, 2.05) is 0 Å². The van der Waals surface area contributed by atoms with Crippen LogP contribution in [0.5, 0.6) is 0 Å². The van der Waals surface area contributed by atoms with E-state index in [1.54, 1.807) is 0 Å². The van der Waals surface area contributed by atoms with Gasteiger partial charge in [0, 0.05) is 6.42 Å². The second-order valence-electron chi connectivity index (χ2n) is 2.69. The lowest BCUT2D eigenvalue weighted by molar-refractivity contribution is -0.102. The van der Waals surface area contributed by atoms with Gasteiger partial charge in [-0.3, -0.25) is 4.52 Å². The number of aliphatic hydroxyl groups excluding tert-OH is 2. The molecule has 0 unspecified atom stereocenters. The molecule has 1 aliphatic heterocycles. The molecule has 8 heteroatoms. The average Bonchev–Trinajstić information content (AvgIpc) is 2.26. The highest BCUT2D eigenvalue weighted by molar-refractivity contribution is 7.46. The molecule has 0 radical (unpaired) electrons. The molecule has 1 aliphatic rings. The molecule has 0 amide bonds. The van der Waals surface area contributed by atoms with E-state index in [-0.39, 0.29) is 6.42 Å². The van der Waals surface area contributed by atoms with Gasteiger partial charge in [0.15, 0.2) is 6.29 Å². The first kappa shape index (κ1) is 11.1. The van der Waals surface area contributed by atoms with E-state index in [1.165, 1.54) is 0 Å². The summed E-state index contributed by atoms with van der Waals surface area (Å²) in [5.41, 5.74) is 0. The summed E-state index contributed by atoms with van der Waals surface area (Å²) >= 11 is 0. The fourth-order valence-corrected chi connectivity index (χ4v) is 1.52. The first-order valence-corrected chi connectivity index (χ1v) is 5.14. The van der Waals surface area contributed by atoms with Gasteiger partial charge in [-0.15, -0.1) is 0 Å². The van der Waals surface area contributed by atoms with E-state index in [4.69, 9.17) is 24.7 Å². The van der Waals surface area contributed by atoms with Crippen LogP contribution in [0.25, 0.3) is 0 Å². The van der Waals surface area contributed by atoms with Crippen LogP contribution in [0, 0.1) is 0 Å². The van der Waals surface area contributed by atoms with Crippen molar-refractivity contribution in [1.29, 1.82) is 0 Å². The van der Waals surface area contributed by atoms with Crippen molar-refractivity contribution in [2.24, 2.45) is 0 Å². The zero-order valence-electron chi connectivity index (χ0n) is 6.61. The molecule has 3 atom stereocenters. The van der Waals surface area contributed by atoms with Crippen molar-refractivity contribution in [3.8, 4) is 0 Å². The first-order valence-electron chi connectivity index (χ1n) is 3.60. The van der Waals surface area contributed by atoms with Crippen LogP contribution >= 0.6 is 7.82 Å². The van der Waals surface area contributed by atoms with Gasteiger partial charge in [-0.1, -0.05) is 0 Å². The van der Waals surface area contributed by atoms with E-state index < -0.39 is 32.9 Å². The minimum Gasteiger partial charge on any atom is -0.394 e. The standard InChI is InChI=1S/C5H11O7P/c6-2-4-3(7)1-5(11-4)12-13(8,9)10/h3-7H,1-2H2,(H2,8,9,10)/t3-,4+,5-/m1/s1. The fourth-order valence-electron chi connectivity index (χ4n) is 1.08. The summed E-state index contributed by atoms with van der Waals surface area (Å²) < 4.78 is 19.3. The number of phosphoric acid groups is 1. The summed E-state index contributed by atoms with van der Waals surface area (Å²) in [6, 6.07) is 0. The van der Waals surface area contributed by atoms with Crippen LogP contribution in [0.2, 0.25) is 0 Å². The molecule has 1 rings (SSSR count). The van der Waals surface area contributed by atoms with Crippen molar-refractivity contribution in [1.82, 2.24) is 0 Å². The summed E-state index contributed by atoms with van der Waals surface area (Å²) in [7, 11) is -4.60. The van der Waals surface area contributed by atoms with Crippen molar-refractivity contribution in [3.63, 3.8) is 0 Å². The Morgan fingerprint density at radius 3 is 2.54 bits per heavy atom. The third-order valence-corrected chi connectivity index (χ3v) is 2.13. The second-order valence-corrected chi connectivity index (χ2v) is 3.88. The topological polar surface area (TPSA) is 116 Å². The first-order chi connectivity index (χ1) is 5.92. The minimum atomic E-state index is -4.60. The number of aliphatic hydroxyl groups is 2. The lowest BCUT2D eigenvalue weighted by atomic mass is 10.2.